The summed E-state index contributed by atoms with van der Waals surface area (Å²) in [5.74, 6) is -0.765. The number of hydrogen-bond acceptors (Lipinski definition) is 7. The molecule has 7 N–H and O–H groups in total. The van der Waals surface area contributed by atoms with Gasteiger partial charge in [0.25, 0.3) is 0 Å². The third kappa shape index (κ3) is 3.57. The molecule has 2 aromatic carbocycles. The van der Waals surface area contributed by atoms with E-state index in [9.17, 15) is 15.0 Å². The van der Waals surface area contributed by atoms with Crippen molar-refractivity contribution >= 4 is 34.2 Å². The van der Waals surface area contributed by atoms with E-state index in [2.05, 4.69) is 10.3 Å². The first kappa shape index (κ1) is 17.2. The molecule has 0 amide bonds. The predicted molar refractivity (Wildman–Crippen MR) is 102 cm³/mol. The maximum atomic E-state index is 12.3. The summed E-state index contributed by atoms with van der Waals surface area (Å²) in [6, 6.07) is 13.5. The van der Waals surface area contributed by atoms with Crippen molar-refractivity contribution in [1.82, 2.24) is 0 Å². The number of nitrogen functional groups attached to an aromatic ring is 2. The molecular formula is C19H18N4O3. The topological polar surface area (TPSA) is 134 Å². The highest BCUT2D eigenvalue weighted by molar-refractivity contribution is 6.25. The number of carbonyl (C=O) groups is 1. The van der Waals surface area contributed by atoms with Gasteiger partial charge in [-0.15, -0.1) is 0 Å². The first-order valence-electron chi connectivity index (χ1n) is 7.84. The van der Waals surface area contributed by atoms with Crippen LogP contribution in [0.1, 0.15) is 0 Å². The molecule has 0 unspecified atom stereocenters. The van der Waals surface area contributed by atoms with Gasteiger partial charge < -0.3 is 27.0 Å². The van der Waals surface area contributed by atoms with Crippen LogP contribution in [0, 0.1) is 0 Å². The molecule has 1 aliphatic carbocycles. The number of nitrogens with zero attached hydrogens (tertiary/aromatic N) is 1. The van der Waals surface area contributed by atoms with E-state index in [4.69, 9.17) is 11.5 Å². The second-order valence-electron chi connectivity index (χ2n) is 5.70. The van der Waals surface area contributed by atoms with Crippen LogP contribution in [-0.2, 0) is 4.79 Å². The van der Waals surface area contributed by atoms with Gasteiger partial charge >= 0.3 is 0 Å². The first-order valence-corrected chi connectivity index (χ1v) is 7.84. The fourth-order valence-corrected chi connectivity index (χ4v) is 2.49. The van der Waals surface area contributed by atoms with E-state index in [-0.39, 0.29) is 22.7 Å². The number of carbonyl (C=O) groups excluding carboxylic acids is 1. The van der Waals surface area contributed by atoms with Crippen LogP contribution < -0.4 is 16.8 Å². The van der Waals surface area contributed by atoms with E-state index in [0.29, 0.717) is 22.7 Å². The van der Waals surface area contributed by atoms with Crippen molar-refractivity contribution < 1.29 is 15.0 Å². The van der Waals surface area contributed by atoms with Crippen LogP contribution >= 0.6 is 0 Å². The Hall–Kier alpha value is -3.58. The Kier molecular flexibility index (Phi) is 4.72. The van der Waals surface area contributed by atoms with Gasteiger partial charge in [-0.3, -0.25) is 4.79 Å². The Morgan fingerprint density at radius 3 is 2.12 bits per heavy atom. The summed E-state index contributed by atoms with van der Waals surface area (Å²) in [6.45, 7) is -0.477. The summed E-state index contributed by atoms with van der Waals surface area (Å²) in [5, 5.41) is 22.9. The lowest BCUT2D eigenvalue weighted by molar-refractivity contribution is -0.111. The van der Waals surface area contributed by atoms with Gasteiger partial charge in [0, 0.05) is 28.7 Å². The van der Waals surface area contributed by atoms with E-state index < -0.39 is 12.4 Å². The monoisotopic (exact) mass is 350 g/mol. The highest BCUT2D eigenvalue weighted by Gasteiger charge is 2.26. The highest BCUT2D eigenvalue weighted by atomic mass is 16.3. The Morgan fingerprint density at radius 2 is 1.54 bits per heavy atom. The Balaban J connectivity index is 2.03. The summed E-state index contributed by atoms with van der Waals surface area (Å²) in [5.41, 5.74) is 14.1. The number of hydrogen-bond donors (Lipinski definition) is 5. The largest absolute Gasteiger partial charge is 0.506 e. The van der Waals surface area contributed by atoms with Crippen LogP contribution in [0.25, 0.3) is 0 Å². The van der Waals surface area contributed by atoms with Crippen molar-refractivity contribution in [3.8, 4) is 0 Å². The Bertz CT molecular complexity index is 926. The second kappa shape index (κ2) is 7.12. The summed E-state index contributed by atoms with van der Waals surface area (Å²) in [4.78, 5) is 16.7. The van der Waals surface area contributed by atoms with Crippen molar-refractivity contribution in [2.45, 2.75) is 0 Å². The smallest absolute Gasteiger partial charge is 0.206 e. The molecule has 0 heterocycles. The third-order valence-electron chi connectivity index (χ3n) is 3.82. The fraction of sp³-hybridized carbons (Fsp3) is 0.0526. The third-order valence-corrected chi connectivity index (χ3v) is 3.82. The molecule has 1 aliphatic rings. The number of allylic oxidation sites excluding steroid dienone is 2. The lowest BCUT2D eigenvalue weighted by Crippen LogP contribution is -2.25. The molecule has 7 heteroatoms. The molecule has 26 heavy (non-hydrogen) atoms. The number of aliphatic hydroxyl groups is 2. The normalized spacial score (nSPS) is 16.0. The average molecular weight is 350 g/mol. The Labute approximate surface area is 150 Å². The minimum Gasteiger partial charge on any atom is -0.506 e. The van der Waals surface area contributed by atoms with Gasteiger partial charge in [-0.1, -0.05) is 0 Å². The summed E-state index contributed by atoms with van der Waals surface area (Å²) in [6.07, 6.45) is 1.06. The maximum Gasteiger partial charge on any atom is 0.206 e. The van der Waals surface area contributed by atoms with Crippen LogP contribution in [-0.4, -0.2) is 28.3 Å². The van der Waals surface area contributed by atoms with E-state index in [0.717, 1.165) is 6.08 Å². The standard InChI is InChI=1S/C19H18N4O3/c20-11-1-5-13(6-2-11)22-18-15(10-24)19(17(26)9-16(18)25)23-14-7-3-12(21)4-8-14/h1-9,22,24,26H,10,20-21H2. The zero-order valence-corrected chi connectivity index (χ0v) is 13.8. The van der Waals surface area contributed by atoms with Gasteiger partial charge in [-0.2, -0.15) is 0 Å². The minimum absolute atomic E-state index is 0.120. The zero-order chi connectivity index (χ0) is 18.7. The number of aliphatic hydroxyl groups excluding tert-OH is 2. The molecule has 0 spiro atoms. The van der Waals surface area contributed by atoms with Gasteiger partial charge in [0.2, 0.25) is 5.78 Å². The highest BCUT2D eigenvalue weighted by Crippen LogP contribution is 2.25. The zero-order valence-electron chi connectivity index (χ0n) is 13.8. The van der Waals surface area contributed by atoms with Crippen molar-refractivity contribution in [3.05, 3.63) is 71.6 Å². The number of aliphatic imine (C=N–C) groups is 1. The fourth-order valence-electron chi connectivity index (χ4n) is 2.49. The predicted octanol–water partition coefficient (Wildman–Crippen LogP) is 2.31. The molecule has 3 rings (SSSR count). The van der Waals surface area contributed by atoms with Gasteiger partial charge in [-0.05, 0) is 48.5 Å². The van der Waals surface area contributed by atoms with Crippen LogP contribution in [0.5, 0.6) is 0 Å². The van der Waals surface area contributed by atoms with E-state index in [1.807, 2.05) is 0 Å². The molecule has 2 aromatic rings. The van der Waals surface area contributed by atoms with Gasteiger partial charge in [0.15, 0.2) is 0 Å². The Morgan fingerprint density at radius 1 is 0.962 bits per heavy atom. The van der Waals surface area contributed by atoms with Crippen LogP contribution in [0.4, 0.5) is 22.7 Å². The van der Waals surface area contributed by atoms with Gasteiger partial charge in [0.1, 0.15) is 11.5 Å². The summed E-state index contributed by atoms with van der Waals surface area (Å²) >= 11 is 0. The van der Waals surface area contributed by atoms with Crippen LogP contribution in [0.15, 0.2) is 76.6 Å². The number of benzene rings is 2. The van der Waals surface area contributed by atoms with Crippen molar-refractivity contribution in [3.63, 3.8) is 0 Å². The van der Waals surface area contributed by atoms with Gasteiger partial charge in [-0.25, -0.2) is 4.99 Å². The van der Waals surface area contributed by atoms with Crippen molar-refractivity contribution in [2.75, 3.05) is 23.4 Å². The van der Waals surface area contributed by atoms with E-state index >= 15 is 0 Å². The number of rotatable bonds is 4. The molecule has 7 nitrogen and oxygen atoms in total. The number of nitrogens with two attached hydrogens (primary N) is 2. The molecule has 0 saturated carbocycles. The van der Waals surface area contributed by atoms with Crippen LogP contribution in [0.3, 0.4) is 0 Å². The quantitative estimate of drug-likeness (QED) is 0.424. The molecule has 0 atom stereocenters. The van der Waals surface area contributed by atoms with Crippen molar-refractivity contribution in [2.24, 2.45) is 4.99 Å². The number of ketones is 1. The molecule has 0 radical (unpaired) electrons. The molecule has 0 fully saturated rings. The van der Waals surface area contributed by atoms with Crippen LogP contribution in [0.2, 0.25) is 0 Å². The summed E-state index contributed by atoms with van der Waals surface area (Å²) in [7, 11) is 0. The molecular weight excluding hydrogens is 332 g/mol. The molecule has 0 aromatic heterocycles. The minimum atomic E-state index is -0.477. The lowest BCUT2D eigenvalue weighted by Gasteiger charge is -2.19. The van der Waals surface area contributed by atoms with Crippen molar-refractivity contribution in [1.29, 1.82) is 0 Å². The molecule has 0 aliphatic heterocycles. The molecule has 132 valence electrons. The molecule has 0 bridgehead atoms. The first-order chi connectivity index (χ1) is 12.5. The van der Waals surface area contributed by atoms with Gasteiger partial charge in [0.05, 0.1) is 18.0 Å². The number of nitrogens with one attached hydrogen (secondary N) is 1. The lowest BCUT2D eigenvalue weighted by atomic mass is 9.97. The molecule has 0 saturated heterocycles. The maximum absolute atomic E-state index is 12.3. The number of anilines is 3. The van der Waals surface area contributed by atoms with E-state index in [1.54, 1.807) is 48.5 Å². The SMILES string of the molecule is Nc1ccc(N=C2C(O)=CC(=O)C(Nc3ccc(N)cc3)=C2CO)cc1. The van der Waals surface area contributed by atoms with E-state index in [1.165, 1.54) is 0 Å². The summed E-state index contributed by atoms with van der Waals surface area (Å²) < 4.78 is 0. The second-order valence-corrected chi connectivity index (χ2v) is 5.70. The average Bonchev–Trinajstić information content (AvgIpc) is 2.62.